The number of anilines is 2. The number of carbonyl (C=O) groups excluding carboxylic acids is 1. The quantitative estimate of drug-likeness (QED) is 0.752. The van der Waals surface area contributed by atoms with E-state index in [1.165, 1.54) is 12.5 Å². The Hall–Kier alpha value is -2.41. The number of aromatic nitrogens is 2. The number of pyridine rings is 2. The average Bonchev–Trinajstić information content (AvgIpc) is 2.91. The number of hydrogen-bond acceptors (Lipinski definition) is 5. The highest BCUT2D eigenvalue weighted by molar-refractivity contribution is 9.10. The topological polar surface area (TPSA) is 94.0 Å². The van der Waals surface area contributed by atoms with Gasteiger partial charge in [-0.1, -0.05) is 0 Å². The molecule has 0 aliphatic heterocycles. The normalized spacial score (nSPS) is 10.7. The number of carbonyl (C=O) groups is 1. The fourth-order valence-electron chi connectivity index (χ4n) is 1.79. The standard InChI is InChI=1S/C13H9BrN4O2/c14-7-5-8(12(15)17-6-7)13(19)18-10-1-3-16-9-2-4-20-11(9)10/h1-6H,(H2,15,17)(H,16,18,19). The van der Waals surface area contributed by atoms with Crippen LogP contribution in [-0.4, -0.2) is 15.9 Å². The molecule has 0 saturated carbocycles. The largest absolute Gasteiger partial charge is 0.460 e. The van der Waals surface area contributed by atoms with Crippen LogP contribution in [0.5, 0.6) is 0 Å². The minimum Gasteiger partial charge on any atom is -0.460 e. The van der Waals surface area contributed by atoms with Crippen LogP contribution < -0.4 is 11.1 Å². The lowest BCUT2D eigenvalue weighted by atomic mass is 10.2. The summed E-state index contributed by atoms with van der Waals surface area (Å²) in [5.74, 6) is -0.198. The Kier molecular flexibility index (Phi) is 3.11. The number of amides is 1. The first-order valence-electron chi connectivity index (χ1n) is 5.70. The molecule has 3 N–H and O–H groups in total. The molecule has 3 aromatic rings. The first-order chi connectivity index (χ1) is 9.65. The van der Waals surface area contributed by atoms with E-state index >= 15 is 0 Å². The van der Waals surface area contributed by atoms with Crippen molar-refractivity contribution in [3.63, 3.8) is 0 Å². The van der Waals surface area contributed by atoms with Gasteiger partial charge in [0.2, 0.25) is 0 Å². The fraction of sp³-hybridized carbons (Fsp3) is 0. The molecule has 0 bridgehead atoms. The number of nitrogens with two attached hydrogens (primary N) is 1. The van der Waals surface area contributed by atoms with E-state index in [0.717, 1.165) is 0 Å². The fourth-order valence-corrected chi connectivity index (χ4v) is 2.12. The summed E-state index contributed by atoms with van der Waals surface area (Å²) < 4.78 is 5.98. The molecule has 0 aliphatic carbocycles. The van der Waals surface area contributed by atoms with Crippen molar-refractivity contribution in [3.8, 4) is 0 Å². The molecule has 0 unspecified atom stereocenters. The van der Waals surface area contributed by atoms with Gasteiger partial charge < -0.3 is 15.5 Å². The Morgan fingerprint density at radius 1 is 1.35 bits per heavy atom. The lowest BCUT2D eigenvalue weighted by molar-refractivity contribution is 0.102. The molecular formula is C13H9BrN4O2. The molecule has 0 aromatic carbocycles. The second kappa shape index (κ2) is 4.93. The maximum Gasteiger partial charge on any atom is 0.259 e. The molecule has 0 radical (unpaired) electrons. The number of halogens is 1. The second-order valence-electron chi connectivity index (χ2n) is 4.03. The van der Waals surface area contributed by atoms with Gasteiger partial charge in [-0.15, -0.1) is 0 Å². The summed E-state index contributed by atoms with van der Waals surface area (Å²) in [4.78, 5) is 20.3. The lowest BCUT2D eigenvalue weighted by Gasteiger charge is -2.07. The maximum absolute atomic E-state index is 12.2. The highest BCUT2D eigenvalue weighted by Crippen LogP contribution is 2.24. The van der Waals surface area contributed by atoms with Crippen LogP contribution in [0, 0.1) is 0 Å². The molecule has 6 nitrogen and oxygen atoms in total. The molecular weight excluding hydrogens is 324 g/mol. The number of furan rings is 1. The third-order valence-corrected chi connectivity index (χ3v) is 3.16. The Morgan fingerprint density at radius 3 is 3.05 bits per heavy atom. The van der Waals surface area contributed by atoms with Crippen molar-refractivity contribution in [2.45, 2.75) is 0 Å². The summed E-state index contributed by atoms with van der Waals surface area (Å²) >= 11 is 3.26. The highest BCUT2D eigenvalue weighted by Gasteiger charge is 2.14. The van der Waals surface area contributed by atoms with Crippen molar-refractivity contribution in [1.82, 2.24) is 9.97 Å². The Labute approximate surface area is 122 Å². The zero-order valence-electron chi connectivity index (χ0n) is 10.1. The third-order valence-electron chi connectivity index (χ3n) is 2.72. The van der Waals surface area contributed by atoms with Crippen molar-refractivity contribution in [2.75, 3.05) is 11.1 Å². The zero-order valence-corrected chi connectivity index (χ0v) is 11.7. The zero-order chi connectivity index (χ0) is 14.1. The van der Waals surface area contributed by atoms with Gasteiger partial charge in [-0.25, -0.2) is 4.98 Å². The molecule has 3 aromatic heterocycles. The van der Waals surface area contributed by atoms with E-state index in [0.29, 0.717) is 21.3 Å². The monoisotopic (exact) mass is 332 g/mol. The summed E-state index contributed by atoms with van der Waals surface area (Å²) in [6.45, 7) is 0. The van der Waals surface area contributed by atoms with Crippen LogP contribution in [0.25, 0.3) is 11.1 Å². The van der Waals surface area contributed by atoms with Crippen molar-refractivity contribution in [3.05, 3.63) is 46.9 Å². The van der Waals surface area contributed by atoms with Gasteiger partial charge in [0.15, 0.2) is 5.58 Å². The average molecular weight is 333 g/mol. The van der Waals surface area contributed by atoms with Gasteiger partial charge in [-0.3, -0.25) is 9.78 Å². The molecule has 0 atom stereocenters. The molecule has 0 saturated heterocycles. The first-order valence-corrected chi connectivity index (χ1v) is 6.49. The lowest BCUT2D eigenvalue weighted by Crippen LogP contribution is -2.15. The predicted molar refractivity (Wildman–Crippen MR) is 78.3 cm³/mol. The van der Waals surface area contributed by atoms with E-state index in [-0.39, 0.29) is 17.3 Å². The maximum atomic E-state index is 12.2. The summed E-state index contributed by atoms with van der Waals surface area (Å²) in [6.07, 6.45) is 4.64. The minimum absolute atomic E-state index is 0.162. The summed E-state index contributed by atoms with van der Waals surface area (Å²) in [6, 6.07) is 4.99. The molecule has 100 valence electrons. The summed E-state index contributed by atoms with van der Waals surface area (Å²) in [5.41, 5.74) is 7.71. The SMILES string of the molecule is Nc1ncc(Br)cc1C(=O)Nc1ccnc2ccoc12. The van der Waals surface area contributed by atoms with E-state index in [9.17, 15) is 4.79 Å². The molecule has 0 aliphatic rings. The second-order valence-corrected chi connectivity index (χ2v) is 4.95. The van der Waals surface area contributed by atoms with Gasteiger partial charge in [-0.05, 0) is 28.1 Å². The Bertz CT molecular complexity index is 800. The summed E-state index contributed by atoms with van der Waals surface area (Å²) in [5, 5.41) is 2.74. The Balaban J connectivity index is 1.96. The third kappa shape index (κ3) is 2.23. The van der Waals surface area contributed by atoms with E-state index in [1.807, 2.05) is 0 Å². The van der Waals surface area contributed by atoms with Crippen LogP contribution in [-0.2, 0) is 0 Å². The van der Waals surface area contributed by atoms with E-state index in [1.54, 1.807) is 24.4 Å². The molecule has 3 heterocycles. The number of nitrogens with zero attached hydrogens (tertiary/aromatic N) is 2. The van der Waals surface area contributed by atoms with Crippen LogP contribution in [0.15, 0.2) is 45.7 Å². The van der Waals surface area contributed by atoms with Crippen LogP contribution in [0.3, 0.4) is 0 Å². The van der Waals surface area contributed by atoms with Crippen LogP contribution in [0.4, 0.5) is 11.5 Å². The van der Waals surface area contributed by atoms with Crippen molar-refractivity contribution in [1.29, 1.82) is 0 Å². The van der Waals surface area contributed by atoms with Crippen LogP contribution in [0.2, 0.25) is 0 Å². The molecule has 0 fully saturated rings. The van der Waals surface area contributed by atoms with Crippen molar-refractivity contribution >= 4 is 44.4 Å². The number of fused-ring (bicyclic) bond motifs is 1. The van der Waals surface area contributed by atoms with Gasteiger partial charge in [0.1, 0.15) is 11.3 Å². The van der Waals surface area contributed by atoms with Gasteiger partial charge >= 0.3 is 0 Å². The minimum atomic E-state index is -0.361. The number of nitrogens with one attached hydrogen (secondary N) is 1. The van der Waals surface area contributed by atoms with E-state index < -0.39 is 0 Å². The smallest absolute Gasteiger partial charge is 0.259 e. The number of rotatable bonds is 2. The van der Waals surface area contributed by atoms with Gasteiger partial charge in [0.25, 0.3) is 5.91 Å². The van der Waals surface area contributed by atoms with Crippen molar-refractivity contribution < 1.29 is 9.21 Å². The first kappa shape index (κ1) is 12.6. The Morgan fingerprint density at radius 2 is 2.20 bits per heavy atom. The predicted octanol–water partition coefficient (Wildman–Crippen LogP) is 2.82. The molecule has 20 heavy (non-hydrogen) atoms. The number of hydrogen-bond donors (Lipinski definition) is 2. The molecule has 3 rings (SSSR count). The van der Waals surface area contributed by atoms with E-state index in [2.05, 4.69) is 31.2 Å². The molecule has 0 spiro atoms. The summed E-state index contributed by atoms with van der Waals surface area (Å²) in [7, 11) is 0. The van der Waals surface area contributed by atoms with Crippen molar-refractivity contribution in [2.24, 2.45) is 0 Å². The highest BCUT2D eigenvalue weighted by atomic mass is 79.9. The van der Waals surface area contributed by atoms with Crippen LogP contribution in [0.1, 0.15) is 10.4 Å². The number of nitrogen functional groups attached to an aromatic ring is 1. The molecule has 1 amide bonds. The van der Waals surface area contributed by atoms with Gasteiger partial charge in [0, 0.05) is 22.9 Å². The van der Waals surface area contributed by atoms with Crippen LogP contribution >= 0.6 is 15.9 Å². The molecule has 7 heteroatoms. The van der Waals surface area contributed by atoms with Gasteiger partial charge in [-0.2, -0.15) is 0 Å². The van der Waals surface area contributed by atoms with E-state index in [4.69, 9.17) is 10.2 Å². The van der Waals surface area contributed by atoms with Gasteiger partial charge in [0.05, 0.1) is 17.5 Å².